The minimum absolute atomic E-state index is 0.0804. The first-order chi connectivity index (χ1) is 10.6. The molecule has 1 aromatic rings. The molecule has 1 aromatic heterocycles. The topological polar surface area (TPSA) is 116 Å². The van der Waals surface area contributed by atoms with Crippen LogP contribution in [0.3, 0.4) is 0 Å². The molecule has 8 heteroatoms. The van der Waals surface area contributed by atoms with Crippen molar-refractivity contribution in [3.63, 3.8) is 0 Å². The summed E-state index contributed by atoms with van der Waals surface area (Å²) in [6, 6.07) is 2.79. The van der Waals surface area contributed by atoms with Gasteiger partial charge in [-0.1, -0.05) is 13.8 Å². The van der Waals surface area contributed by atoms with Crippen LogP contribution in [0.1, 0.15) is 36.3 Å². The summed E-state index contributed by atoms with van der Waals surface area (Å²) in [5.41, 5.74) is -0.930. The molecular formula is C15H22N2O5S. The third-order valence-corrected chi connectivity index (χ3v) is 5.54. The van der Waals surface area contributed by atoms with Crippen molar-refractivity contribution < 1.29 is 18.3 Å². The Morgan fingerprint density at radius 1 is 1.43 bits per heavy atom. The molecule has 1 amide bonds. The van der Waals surface area contributed by atoms with Crippen LogP contribution in [-0.4, -0.2) is 48.1 Å². The molecular weight excluding hydrogens is 320 g/mol. The zero-order chi connectivity index (χ0) is 17.3. The zero-order valence-electron chi connectivity index (χ0n) is 13.3. The molecule has 1 saturated heterocycles. The largest absolute Gasteiger partial charge is 0.387 e. The third kappa shape index (κ3) is 4.90. The van der Waals surface area contributed by atoms with Crippen molar-refractivity contribution in [2.24, 2.45) is 5.92 Å². The van der Waals surface area contributed by atoms with Gasteiger partial charge in [0.2, 0.25) is 5.56 Å². The Balaban J connectivity index is 2.06. The Kier molecular flexibility index (Phi) is 4.95. The molecule has 0 bridgehead atoms. The number of sulfone groups is 1. The lowest BCUT2D eigenvalue weighted by Crippen LogP contribution is -2.44. The molecule has 2 heterocycles. The summed E-state index contributed by atoms with van der Waals surface area (Å²) < 4.78 is 22.9. The minimum atomic E-state index is -3.25. The molecule has 2 rings (SSSR count). The van der Waals surface area contributed by atoms with Crippen LogP contribution < -0.4 is 10.9 Å². The van der Waals surface area contributed by atoms with E-state index in [0.29, 0.717) is 18.0 Å². The van der Waals surface area contributed by atoms with Crippen LogP contribution in [0.15, 0.2) is 16.9 Å². The maximum absolute atomic E-state index is 12.2. The molecule has 1 unspecified atom stereocenters. The summed E-state index contributed by atoms with van der Waals surface area (Å²) in [6.07, 6.45) is 0.738. The summed E-state index contributed by atoms with van der Waals surface area (Å²) >= 11 is 0. The Morgan fingerprint density at radius 2 is 2.13 bits per heavy atom. The average Bonchev–Trinajstić information content (AvgIpc) is 2.69. The van der Waals surface area contributed by atoms with E-state index in [1.165, 1.54) is 6.07 Å². The van der Waals surface area contributed by atoms with Crippen molar-refractivity contribution in [2.75, 3.05) is 18.1 Å². The fraction of sp³-hybridized carbons (Fsp3) is 0.600. The lowest BCUT2D eigenvalue weighted by atomic mass is 10.0. The normalized spacial score (nSPS) is 23.1. The predicted octanol–water partition coefficient (Wildman–Crippen LogP) is -0.147. The third-order valence-electron chi connectivity index (χ3n) is 3.74. The summed E-state index contributed by atoms with van der Waals surface area (Å²) in [5.74, 6) is -0.607. The first-order valence-corrected chi connectivity index (χ1v) is 9.35. The van der Waals surface area contributed by atoms with E-state index in [1.54, 1.807) is 6.07 Å². The van der Waals surface area contributed by atoms with Crippen LogP contribution in [0, 0.1) is 5.92 Å². The Morgan fingerprint density at radius 3 is 2.70 bits per heavy atom. The van der Waals surface area contributed by atoms with Gasteiger partial charge in [-0.2, -0.15) is 0 Å². The van der Waals surface area contributed by atoms with Gasteiger partial charge >= 0.3 is 0 Å². The summed E-state index contributed by atoms with van der Waals surface area (Å²) in [5, 5.41) is 12.7. The number of nitrogens with one attached hydrogen (secondary N) is 2. The van der Waals surface area contributed by atoms with Crippen molar-refractivity contribution in [3.05, 3.63) is 33.7 Å². The lowest BCUT2D eigenvalue weighted by Gasteiger charge is -2.21. The van der Waals surface area contributed by atoms with Gasteiger partial charge in [0, 0.05) is 23.9 Å². The first kappa shape index (κ1) is 17.7. The van der Waals surface area contributed by atoms with Crippen LogP contribution in [0.25, 0.3) is 0 Å². The number of aromatic nitrogens is 1. The smallest absolute Gasteiger partial charge is 0.251 e. The quantitative estimate of drug-likeness (QED) is 0.688. The van der Waals surface area contributed by atoms with Gasteiger partial charge in [0.25, 0.3) is 5.91 Å². The molecule has 1 atom stereocenters. The van der Waals surface area contributed by atoms with E-state index < -0.39 is 21.3 Å². The van der Waals surface area contributed by atoms with E-state index in [4.69, 9.17) is 0 Å². The van der Waals surface area contributed by atoms with Crippen LogP contribution in [0.4, 0.5) is 0 Å². The van der Waals surface area contributed by atoms with E-state index in [0.717, 1.165) is 0 Å². The zero-order valence-corrected chi connectivity index (χ0v) is 14.1. The molecule has 0 aromatic carbocycles. The van der Waals surface area contributed by atoms with Gasteiger partial charge in [0.1, 0.15) is 0 Å². The van der Waals surface area contributed by atoms with Gasteiger partial charge in [-0.25, -0.2) is 8.42 Å². The van der Waals surface area contributed by atoms with Gasteiger partial charge in [-0.15, -0.1) is 0 Å². The highest BCUT2D eigenvalue weighted by Crippen LogP contribution is 2.22. The van der Waals surface area contributed by atoms with Crippen molar-refractivity contribution >= 4 is 15.7 Å². The Hall–Kier alpha value is -1.67. The van der Waals surface area contributed by atoms with Crippen LogP contribution >= 0.6 is 0 Å². The molecule has 1 fully saturated rings. The van der Waals surface area contributed by atoms with Gasteiger partial charge in [-0.3, -0.25) is 9.59 Å². The molecule has 3 N–H and O–H groups in total. The van der Waals surface area contributed by atoms with Crippen LogP contribution in [0.2, 0.25) is 0 Å². The van der Waals surface area contributed by atoms with Gasteiger partial charge in [-0.05, 0) is 24.8 Å². The second kappa shape index (κ2) is 6.45. The van der Waals surface area contributed by atoms with E-state index in [1.807, 2.05) is 13.8 Å². The highest BCUT2D eigenvalue weighted by Gasteiger charge is 2.40. The second-order valence-corrected chi connectivity index (χ2v) is 8.79. The number of aliphatic hydroxyl groups is 1. The molecule has 1 aliphatic rings. The van der Waals surface area contributed by atoms with E-state index in [2.05, 4.69) is 10.3 Å². The van der Waals surface area contributed by atoms with Crippen molar-refractivity contribution in [3.8, 4) is 0 Å². The Labute approximate surface area is 135 Å². The number of carbonyl (C=O) groups is 1. The molecule has 0 saturated carbocycles. The van der Waals surface area contributed by atoms with E-state index >= 15 is 0 Å². The molecule has 0 radical (unpaired) electrons. The molecule has 7 nitrogen and oxygen atoms in total. The molecule has 23 heavy (non-hydrogen) atoms. The fourth-order valence-corrected chi connectivity index (χ4v) is 4.57. The highest BCUT2D eigenvalue weighted by atomic mass is 32.2. The highest BCUT2D eigenvalue weighted by molar-refractivity contribution is 7.91. The monoisotopic (exact) mass is 342 g/mol. The summed E-state index contributed by atoms with van der Waals surface area (Å²) in [7, 11) is -3.25. The second-order valence-electron chi connectivity index (χ2n) is 6.61. The number of H-pyrrole nitrogens is 1. The van der Waals surface area contributed by atoms with Crippen LogP contribution in [0.5, 0.6) is 0 Å². The van der Waals surface area contributed by atoms with Crippen LogP contribution in [-0.2, 0) is 16.3 Å². The van der Waals surface area contributed by atoms with Crippen molar-refractivity contribution in [1.29, 1.82) is 0 Å². The number of carbonyl (C=O) groups excluding carboxylic acids is 1. The first-order valence-electron chi connectivity index (χ1n) is 7.53. The molecule has 0 spiro atoms. The minimum Gasteiger partial charge on any atom is -0.387 e. The maximum Gasteiger partial charge on any atom is 0.251 e. The number of hydrogen-bond acceptors (Lipinski definition) is 5. The lowest BCUT2D eigenvalue weighted by molar-refractivity contribution is 0.0609. The number of amides is 1. The molecule has 128 valence electrons. The SMILES string of the molecule is CC(C)Cc1cc(C(=O)NCC2(O)CCS(=O)(=O)C2)cc(=O)[nH]1. The maximum atomic E-state index is 12.2. The van der Waals surface area contributed by atoms with E-state index in [9.17, 15) is 23.1 Å². The Bertz CT molecular complexity index is 753. The van der Waals surface area contributed by atoms with Crippen molar-refractivity contribution in [1.82, 2.24) is 10.3 Å². The van der Waals surface area contributed by atoms with Gasteiger partial charge < -0.3 is 15.4 Å². The molecule has 1 aliphatic heterocycles. The van der Waals surface area contributed by atoms with Gasteiger partial charge in [0.15, 0.2) is 9.84 Å². The number of rotatable bonds is 5. The standard InChI is InChI=1S/C15H22N2O5S/c1-10(2)5-12-6-11(7-13(18)17-12)14(19)16-8-15(20)3-4-23(21,22)9-15/h6-7,10,20H,3-5,8-9H2,1-2H3,(H,16,19)(H,17,18). The average molecular weight is 342 g/mol. The van der Waals surface area contributed by atoms with Gasteiger partial charge in [0.05, 0.1) is 17.1 Å². The van der Waals surface area contributed by atoms with Crippen molar-refractivity contribution in [2.45, 2.75) is 32.3 Å². The summed E-state index contributed by atoms with van der Waals surface area (Å²) in [4.78, 5) is 26.5. The molecule has 0 aliphatic carbocycles. The number of pyridine rings is 1. The van der Waals surface area contributed by atoms with E-state index in [-0.39, 0.29) is 35.6 Å². The number of hydrogen-bond donors (Lipinski definition) is 3. The number of aromatic amines is 1. The predicted molar refractivity (Wildman–Crippen MR) is 86.2 cm³/mol. The summed E-state index contributed by atoms with van der Waals surface area (Å²) in [6.45, 7) is 3.85. The fourth-order valence-electron chi connectivity index (χ4n) is 2.67.